The SMILES string of the molecule is CCC1SCCSC1C(=O)c1ccc(OC)c(F)c1. The van der Waals surface area contributed by atoms with E-state index in [1.54, 1.807) is 17.8 Å². The zero-order chi connectivity index (χ0) is 13.8. The Balaban J connectivity index is 2.20. The molecule has 0 spiro atoms. The van der Waals surface area contributed by atoms with E-state index in [9.17, 15) is 9.18 Å². The number of rotatable bonds is 4. The maximum Gasteiger partial charge on any atom is 0.177 e. The van der Waals surface area contributed by atoms with Crippen molar-refractivity contribution in [2.24, 2.45) is 0 Å². The molecule has 1 fully saturated rings. The molecule has 5 heteroatoms. The number of thioether (sulfide) groups is 2. The number of carbonyl (C=O) groups is 1. The molecular weight excluding hydrogens is 283 g/mol. The van der Waals surface area contributed by atoms with Crippen LogP contribution in [0.1, 0.15) is 23.7 Å². The van der Waals surface area contributed by atoms with Crippen LogP contribution in [0.2, 0.25) is 0 Å². The Kier molecular flexibility index (Phi) is 5.16. The zero-order valence-corrected chi connectivity index (χ0v) is 12.7. The lowest BCUT2D eigenvalue weighted by Crippen LogP contribution is -2.32. The molecule has 1 heterocycles. The summed E-state index contributed by atoms with van der Waals surface area (Å²) in [4.78, 5) is 12.5. The van der Waals surface area contributed by atoms with E-state index in [1.165, 1.54) is 19.2 Å². The van der Waals surface area contributed by atoms with Crippen LogP contribution in [0.3, 0.4) is 0 Å². The van der Waals surface area contributed by atoms with Gasteiger partial charge in [0.25, 0.3) is 0 Å². The van der Waals surface area contributed by atoms with Crippen LogP contribution < -0.4 is 4.74 Å². The molecule has 0 aliphatic carbocycles. The fourth-order valence-electron chi connectivity index (χ4n) is 2.13. The molecule has 2 atom stereocenters. The first-order valence-electron chi connectivity index (χ1n) is 6.28. The molecule has 19 heavy (non-hydrogen) atoms. The van der Waals surface area contributed by atoms with Gasteiger partial charge in [0.15, 0.2) is 17.3 Å². The van der Waals surface area contributed by atoms with Gasteiger partial charge in [-0.2, -0.15) is 11.8 Å². The zero-order valence-electron chi connectivity index (χ0n) is 11.0. The molecule has 1 saturated heterocycles. The van der Waals surface area contributed by atoms with Crippen molar-refractivity contribution in [1.82, 2.24) is 0 Å². The van der Waals surface area contributed by atoms with Gasteiger partial charge in [0.2, 0.25) is 0 Å². The molecule has 104 valence electrons. The summed E-state index contributed by atoms with van der Waals surface area (Å²) < 4.78 is 18.5. The topological polar surface area (TPSA) is 26.3 Å². The lowest BCUT2D eigenvalue weighted by Gasteiger charge is -2.28. The van der Waals surface area contributed by atoms with Crippen LogP contribution in [0.25, 0.3) is 0 Å². The molecule has 0 bridgehead atoms. The molecular formula is C14H17FO2S2. The summed E-state index contributed by atoms with van der Waals surface area (Å²) in [5.41, 5.74) is 0.441. The Hall–Kier alpha value is -0.680. The van der Waals surface area contributed by atoms with E-state index in [0.717, 1.165) is 17.9 Å². The predicted octanol–water partition coefficient (Wildman–Crippen LogP) is 3.64. The highest BCUT2D eigenvalue weighted by Crippen LogP contribution is 2.35. The largest absolute Gasteiger partial charge is 0.494 e. The van der Waals surface area contributed by atoms with Crippen molar-refractivity contribution in [2.75, 3.05) is 18.6 Å². The van der Waals surface area contributed by atoms with Gasteiger partial charge >= 0.3 is 0 Å². The van der Waals surface area contributed by atoms with E-state index in [-0.39, 0.29) is 16.8 Å². The van der Waals surface area contributed by atoms with Crippen molar-refractivity contribution in [3.63, 3.8) is 0 Å². The van der Waals surface area contributed by atoms with Crippen molar-refractivity contribution in [2.45, 2.75) is 23.8 Å². The average Bonchev–Trinajstić information content (AvgIpc) is 2.46. The minimum atomic E-state index is -0.477. The summed E-state index contributed by atoms with van der Waals surface area (Å²) in [7, 11) is 1.42. The van der Waals surface area contributed by atoms with Gasteiger partial charge in [-0.05, 0) is 24.6 Å². The van der Waals surface area contributed by atoms with Crippen LogP contribution in [0.15, 0.2) is 18.2 Å². The van der Waals surface area contributed by atoms with Crippen molar-refractivity contribution in [1.29, 1.82) is 0 Å². The minimum Gasteiger partial charge on any atom is -0.494 e. The summed E-state index contributed by atoms with van der Waals surface area (Å²) in [6.45, 7) is 2.10. The number of carbonyl (C=O) groups excluding carboxylic acids is 1. The van der Waals surface area contributed by atoms with Crippen molar-refractivity contribution in [3.05, 3.63) is 29.6 Å². The van der Waals surface area contributed by atoms with Crippen molar-refractivity contribution < 1.29 is 13.9 Å². The standard InChI is InChI=1S/C14H17FO2S2/c1-3-12-14(19-7-6-18-12)13(16)9-4-5-11(17-2)10(15)8-9/h4-5,8,12,14H,3,6-7H2,1-2H3. The minimum absolute atomic E-state index is 0.0330. The van der Waals surface area contributed by atoms with Crippen molar-refractivity contribution >= 4 is 29.3 Å². The van der Waals surface area contributed by atoms with E-state index in [2.05, 4.69) is 6.92 Å². The van der Waals surface area contributed by atoms with E-state index >= 15 is 0 Å². The summed E-state index contributed by atoms with van der Waals surface area (Å²) in [6, 6.07) is 4.45. The second-order valence-corrected chi connectivity index (χ2v) is 6.92. The Morgan fingerprint density at radius 3 is 2.79 bits per heavy atom. The number of ether oxygens (including phenoxy) is 1. The van der Waals surface area contributed by atoms with Crippen LogP contribution in [0.4, 0.5) is 4.39 Å². The Labute approximate surface area is 121 Å². The highest BCUT2D eigenvalue weighted by Gasteiger charge is 2.31. The summed E-state index contributed by atoms with van der Waals surface area (Å²) in [6.07, 6.45) is 0.965. The molecule has 2 nitrogen and oxygen atoms in total. The molecule has 0 saturated carbocycles. The molecule has 0 radical (unpaired) electrons. The number of benzene rings is 1. The van der Waals surface area contributed by atoms with Crippen molar-refractivity contribution in [3.8, 4) is 5.75 Å². The molecule has 1 aromatic rings. The van der Waals surface area contributed by atoms with Crippen LogP contribution in [0.5, 0.6) is 5.75 Å². The molecule has 2 unspecified atom stereocenters. The smallest absolute Gasteiger partial charge is 0.177 e. The van der Waals surface area contributed by atoms with Gasteiger partial charge in [0, 0.05) is 22.3 Å². The summed E-state index contributed by atoms with van der Waals surface area (Å²) >= 11 is 3.54. The first-order valence-corrected chi connectivity index (χ1v) is 8.38. The van der Waals surface area contributed by atoms with Gasteiger partial charge in [-0.1, -0.05) is 6.92 Å². The number of Topliss-reactive ketones (excluding diaryl/α,β-unsaturated/α-hetero) is 1. The third-order valence-corrected chi connectivity index (χ3v) is 6.39. The number of hydrogen-bond donors (Lipinski definition) is 0. The third-order valence-electron chi connectivity index (χ3n) is 3.15. The normalized spacial score (nSPS) is 23.1. The lowest BCUT2D eigenvalue weighted by atomic mass is 10.0. The van der Waals surface area contributed by atoms with Gasteiger partial charge < -0.3 is 4.74 Å². The van der Waals surface area contributed by atoms with Gasteiger partial charge in [0.05, 0.1) is 12.4 Å². The summed E-state index contributed by atoms with van der Waals surface area (Å²) in [5, 5.41) is 0.271. The average molecular weight is 300 g/mol. The van der Waals surface area contributed by atoms with E-state index < -0.39 is 5.82 Å². The monoisotopic (exact) mass is 300 g/mol. The molecule has 2 rings (SSSR count). The third kappa shape index (κ3) is 3.26. The van der Waals surface area contributed by atoms with Gasteiger partial charge in [0.1, 0.15) is 0 Å². The first-order chi connectivity index (χ1) is 9.17. The predicted molar refractivity (Wildman–Crippen MR) is 80.1 cm³/mol. The van der Waals surface area contributed by atoms with Crippen LogP contribution >= 0.6 is 23.5 Å². The maximum absolute atomic E-state index is 13.7. The first kappa shape index (κ1) is 14.7. The molecule has 1 aliphatic heterocycles. The fourth-order valence-corrected chi connectivity index (χ4v) is 5.16. The lowest BCUT2D eigenvalue weighted by molar-refractivity contribution is 0.0987. The number of halogens is 1. The van der Waals surface area contributed by atoms with E-state index in [0.29, 0.717) is 10.8 Å². The molecule has 1 aliphatic rings. The van der Waals surface area contributed by atoms with Gasteiger partial charge in [-0.25, -0.2) is 4.39 Å². The van der Waals surface area contributed by atoms with E-state index in [4.69, 9.17) is 4.74 Å². The van der Waals surface area contributed by atoms with Gasteiger partial charge in [-0.15, -0.1) is 11.8 Å². The number of methoxy groups -OCH3 is 1. The highest BCUT2D eigenvalue weighted by atomic mass is 32.2. The van der Waals surface area contributed by atoms with E-state index in [1.807, 2.05) is 11.8 Å². The van der Waals surface area contributed by atoms with Crippen LogP contribution in [0, 0.1) is 5.82 Å². The molecule has 1 aromatic carbocycles. The Morgan fingerprint density at radius 2 is 2.16 bits per heavy atom. The molecule has 0 N–H and O–H groups in total. The van der Waals surface area contributed by atoms with Crippen LogP contribution in [-0.2, 0) is 0 Å². The molecule has 0 amide bonds. The fraction of sp³-hybridized carbons (Fsp3) is 0.500. The Bertz CT molecular complexity index is 465. The maximum atomic E-state index is 13.7. The highest BCUT2D eigenvalue weighted by molar-refractivity contribution is 8.07. The quantitative estimate of drug-likeness (QED) is 0.793. The number of ketones is 1. The Morgan fingerprint density at radius 1 is 1.42 bits per heavy atom. The van der Waals surface area contributed by atoms with Gasteiger partial charge in [-0.3, -0.25) is 4.79 Å². The summed E-state index contributed by atoms with van der Waals surface area (Å²) in [5.74, 6) is 1.80. The van der Waals surface area contributed by atoms with Crippen LogP contribution in [-0.4, -0.2) is 34.9 Å². The second kappa shape index (κ2) is 6.66. The second-order valence-electron chi connectivity index (χ2n) is 4.32. The molecule has 0 aromatic heterocycles. The number of hydrogen-bond acceptors (Lipinski definition) is 4.